The van der Waals surface area contributed by atoms with Gasteiger partial charge in [-0.05, 0) is 13.0 Å². The Kier molecular flexibility index (Phi) is 2.28. The van der Waals surface area contributed by atoms with Gasteiger partial charge in [-0.2, -0.15) is 10.2 Å². The van der Waals surface area contributed by atoms with Crippen LogP contribution in [0, 0.1) is 6.92 Å². The van der Waals surface area contributed by atoms with E-state index in [0.29, 0.717) is 4.99 Å². The Balaban J connectivity index is 2.70. The van der Waals surface area contributed by atoms with Crippen molar-refractivity contribution in [2.75, 3.05) is 0 Å². The Morgan fingerprint density at radius 3 is 2.80 bits per heavy atom. The van der Waals surface area contributed by atoms with Crippen LogP contribution in [0.4, 0.5) is 0 Å². The summed E-state index contributed by atoms with van der Waals surface area (Å²) in [6.45, 7) is 1.88. The van der Waals surface area contributed by atoms with Crippen LogP contribution in [0.3, 0.4) is 0 Å². The van der Waals surface area contributed by atoms with Crippen molar-refractivity contribution in [2.45, 2.75) is 6.92 Å². The Morgan fingerprint density at radius 2 is 2.27 bits per heavy atom. The van der Waals surface area contributed by atoms with Crippen molar-refractivity contribution in [2.24, 2.45) is 12.8 Å². The van der Waals surface area contributed by atoms with Gasteiger partial charge in [-0.1, -0.05) is 12.2 Å². The molecule has 2 aromatic heterocycles. The third-order valence-electron chi connectivity index (χ3n) is 2.16. The molecule has 0 aliphatic heterocycles. The fourth-order valence-corrected chi connectivity index (χ4v) is 1.83. The maximum absolute atomic E-state index is 5.67. The first-order chi connectivity index (χ1) is 7.11. The summed E-state index contributed by atoms with van der Waals surface area (Å²) in [7, 11) is 1.84. The van der Waals surface area contributed by atoms with Crippen molar-refractivity contribution in [1.29, 1.82) is 0 Å². The molecule has 6 heteroatoms. The molecule has 0 saturated carbocycles. The molecule has 0 aromatic carbocycles. The predicted molar refractivity (Wildman–Crippen MR) is 61.0 cm³/mol. The number of thiocarbonyl (C=S) groups is 1. The van der Waals surface area contributed by atoms with E-state index in [0.717, 1.165) is 17.1 Å². The van der Waals surface area contributed by atoms with Crippen LogP contribution in [0.25, 0.3) is 5.82 Å². The van der Waals surface area contributed by atoms with E-state index in [1.807, 2.05) is 26.2 Å². The summed E-state index contributed by atoms with van der Waals surface area (Å²) < 4.78 is 3.42. The molecule has 2 heterocycles. The van der Waals surface area contributed by atoms with Crippen LogP contribution in [-0.2, 0) is 7.05 Å². The fourth-order valence-electron chi connectivity index (χ4n) is 1.59. The number of hydrogen-bond donors (Lipinski definition) is 1. The molecule has 0 aliphatic rings. The van der Waals surface area contributed by atoms with E-state index < -0.39 is 0 Å². The van der Waals surface area contributed by atoms with Gasteiger partial charge in [-0.25, -0.2) is 4.68 Å². The molecular formula is C9H11N5S. The van der Waals surface area contributed by atoms with Crippen LogP contribution in [0.1, 0.15) is 11.3 Å². The number of aryl methyl sites for hydroxylation is 2. The lowest BCUT2D eigenvalue weighted by molar-refractivity contribution is 0.693. The highest BCUT2D eigenvalue weighted by Crippen LogP contribution is 2.16. The van der Waals surface area contributed by atoms with Gasteiger partial charge in [0.05, 0.1) is 11.3 Å². The minimum Gasteiger partial charge on any atom is -0.389 e. The highest BCUT2D eigenvalue weighted by atomic mass is 32.1. The molecule has 0 unspecified atom stereocenters. The van der Waals surface area contributed by atoms with Crippen molar-refractivity contribution in [3.05, 3.63) is 29.7 Å². The van der Waals surface area contributed by atoms with Gasteiger partial charge in [0, 0.05) is 19.4 Å². The molecule has 5 nitrogen and oxygen atoms in total. The number of nitrogens with zero attached hydrogens (tertiary/aromatic N) is 4. The molecule has 0 fully saturated rings. The first-order valence-electron chi connectivity index (χ1n) is 4.44. The van der Waals surface area contributed by atoms with Crippen LogP contribution in [0.2, 0.25) is 0 Å². The van der Waals surface area contributed by atoms with Crippen molar-refractivity contribution in [3.8, 4) is 5.82 Å². The molecule has 0 saturated heterocycles. The first-order valence-corrected chi connectivity index (χ1v) is 4.85. The molecular weight excluding hydrogens is 210 g/mol. The molecule has 2 aromatic rings. The summed E-state index contributed by atoms with van der Waals surface area (Å²) in [5.74, 6) is 0.796. The molecule has 0 radical (unpaired) electrons. The second-order valence-corrected chi connectivity index (χ2v) is 3.66. The second-order valence-electron chi connectivity index (χ2n) is 3.22. The molecule has 15 heavy (non-hydrogen) atoms. The van der Waals surface area contributed by atoms with E-state index in [1.54, 1.807) is 15.6 Å². The number of aromatic nitrogens is 4. The SMILES string of the molecule is Cc1nn(C)c(-n2cccn2)c1C(N)=S. The van der Waals surface area contributed by atoms with Gasteiger partial charge in [0.25, 0.3) is 0 Å². The zero-order valence-corrected chi connectivity index (χ0v) is 9.32. The largest absolute Gasteiger partial charge is 0.389 e. The van der Waals surface area contributed by atoms with Crippen molar-refractivity contribution < 1.29 is 0 Å². The van der Waals surface area contributed by atoms with Crippen LogP contribution in [0.5, 0.6) is 0 Å². The zero-order valence-electron chi connectivity index (χ0n) is 8.51. The van der Waals surface area contributed by atoms with Gasteiger partial charge in [-0.15, -0.1) is 0 Å². The minimum absolute atomic E-state index is 0.339. The van der Waals surface area contributed by atoms with Crippen LogP contribution >= 0.6 is 12.2 Å². The number of nitrogens with two attached hydrogens (primary N) is 1. The maximum Gasteiger partial charge on any atom is 0.162 e. The number of rotatable bonds is 2. The third kappa shape index (κ3) is 1.52. The van der Waals surface area contributed by atoms with Crippen molar-refractivity contribution in [3.63, 3.8) is 0 Å². The van der Waals surface area contributed by atoms with E-state index in [9.17, 15) is 0 Å². The van der Waals surface area contributed by atoms with Gasteiger partial charge in [0.2, 0.25) is 0 Å². The Morgan fingerprint density at radius 1 is 1.53 bits per heavy atom. The zero-order chi connectivity index (χ0) is 11.0. The van der Waals surface area contributed by atoms with Crippen molar-refractivity contribution >= 4 is 17.2 Å². The number of hydrogen-bond acceptors (Lipinski definition) is 3. The monoisotopic (exact) mass is 221 g/mol. The molecule has 0 atom stereocenters. The van der Waals surface area contributed by atoms with Gasteiger partial charge in [0.15, 0.2) is 5.82 Å². The Labute approximate surface area is 92.5 Å². The topological polar surface area (TPSA) is 61.7 Å². The average molecular weight is 221 g/mol. The Bertz CT molecular complexity index is 497. The van der Waals surface area contributed by atoms with E-state index in [1.165, 1.54) is 0 Å². The van der Waals surface area contributed by atoms with Gasteiger partial charge < -0.3 is 5.73 Å². The molecule has 78 valence electrons. The summed E-state index contributed by atoms with van der Waals surface area (Å²) in [6.07, 6.45) is 3.53. The molecule has 0 amide bonds. The minimum atomic E-state index is 0.339. The van der Waals surface area contributed by atoms with E-state index in [-0.39, 0.29) is 0 Å². The molecule has 2 N–H and O–H groups in total. The van der Waals surface area contributed by atoms with Crippen molar-refractivity contribution in [1.82, 2.24) is 19.6 Å². The lowest BCUT2D eigenvalue weighted by atomic mass is 10.2. The van der Waals surface area contributed by atoms with Crippen LogP contribution in [0.15, 0.2) is 18.5 Å². The van der Waals surface area contributed by atoms with E-state index in [2.05, 4.69) is 10.2 Å². The third-order valence-corrected chi connectivity index (χ3v) is 2.36. The lowest BCUT2D eigenvalue weighted by Gasteiger charge is -2.04. The highest BCUT2D eigenvalue weighted by molar-refractivity contribution is 7.80. The molecule has 0 spiro atoms. The van der Waals surface area contributed by atoms with E-state index >= 15 is 0 Å². The summed E-state index contributed by atoms with van der Waals surface area (Å²) in [5, 5.41) is 8.42. The summed E-state index contributed by atoms with van der Waals surface area (Å²) >= 11 is 5.01. The Hall–Kier alpha value is -1.69. The average Bonchev–Trinajstić information content (AvgIpc) is 2.71. The first kappa shape index (κ1) is 9.85. The van der Waals surface area contributed by atoms with Gasteiger partial charge in [-0.3, -0.25) is 4.68 Å². The van der Waals surface area contributed by atoms with Gasteiger partial charge in [0.1, 0.15) is 4.99 Å². The highest BCUT2D eigenvalue weighted by Gasteiger charge is 2.16. The quantitative estimate of drug-likeness (QED) is 0.752. The van der Waals surface area contributed by atoms with E-state index in [4.69, 9.17) is 18.0 Å². The lowest BCUT2D eigenvalue weighted by Crippen LogP contribution is -2.15. The summed E-state index contributed by atoms with van der Waals surface area (Å²) in [5.41, 5.74) is 7.26. The maximum atomic E-state index is 5.67. The fraction of sp³-hybridized carbons (Fsp3) is 0.222. The molecule has 0 aliphatic carbocycles. The molecule has 2 rings (SSSR count). The summed E-state index contributed by atoms with van der Waals surface area (Å²) in [4.78, 5) is 0.339. The standard InChI is InChI=1S/C9H11N5S/c1-6-7(8(10)15)9(13(2)12-6)14-5-3-4-11-14/h3-5H,1-2H3,(H2,10,15). The van der Waals surface area contributed by atoms with Crippen LogP contribution < -0.4 is 5.73 Å². The van der Waals surface area contributed by atoms with Crippen LogP contribution in [-0.4, -0.2) is 24.5 Å². The second kappa shape index (κ2) is 3.47. The normalized spacial score (nSPS) is 10.5. The summed E-state index contributed by atoms with van der Waals surface area (Å²) in [6, 6.07) is 1.84. The molecule has 0 bridgehead atoms. The predicted octanol–water partition coefficient (Wildman–Crippen LogP) is 0.548. The smallest absolute Gasteiger partial charge is 0.162 e. The van der Waals surface area contributed by atoms with Gasteiger partial charge >= 0.3 is 0 Å².